The lowest BCUT2D eigenvalue weighted by molar-refractivity contribution is -0.139. The van der Waals surface area contributed by atoms with Gasteiger partial charge in [0.15, 0.2) is 0 Å². The molecule has 74 valence electrons. The van der Waals surface area contributed by atoms with E-state index in [4.69, 9.17) is 5.73 Å². The molecule has 1 amide bonds. The first-order chi connectivity index (χ1) is 6.15. The zero-order chi connectivity index (χ0) is 9.47. The fourth-order valence-electron chi connectivity index (χ4n) is 2.13. The number of carbonyl (C=O) groups is 1. The van der Waals surface area contributed by atoms with E-state index in [1.54, 1.807) is 0 Å². The fourth-order valence-corrected chi connectivity index (χ4v) is 2.13. The lowest BCUT2D eigenvalue weighted by Crippen LogP contribution is -2.69. The number of amides is 1. The van der Waals surface area contributed by atoms with E-state index >= 15 is 0 Å². The predicted molar refractivity (Wildman–Crippen MR) is 51.1 cm³/mol. The Morgan fingerprint density at radius 3 is 2.62 bits per heavy atom. The molecule has 0 atom stereocenters. The summed E-state index contributed by atoms with van der Waals surface area (Å²) in [6, 6.07) is 0. The minimum absolute atomic E-state index is 0.0105. The summed E-state index contributed by atoms with van der Waals surface area (Å²) in [6.45, 7) is 3.64. The molecule has 2 aliphatic rings. The van der Waals surface area contributed by atoms with Crippen molar-refractivity contribution >= 4 is 5.91 Å². The van der Waals surface area contributed by atoms with Gasteiger partial charge in [-0.2, -0.15) is 0 Å². The molecule has 1 saturated heterocycles. The van der Waals surface area contributed by atoms with Gasteiger partial charge in [0, 0.05) is 19.5 Å². The van der Waals surface area contributed by atoms with E-state index in [9.17, 15) is 4.79 Å². The molecule has 2 rings (SSSR count). The second kappa shape index (κ2) is 2.98. The second-order valence-electron chi connectivity index (χ2n) is 4.51. The SMILES string of the molecule is CCCC(=O)N1CC(N)(C2CC2)C1. The zero-order valence-electron chi connectivity index (χ0n) is 8.25. The highest BCUT2D eigenvalue weighted by atomic mass is 16.2. The Morgan fingerprint density at radius 2 is 2.15 bits per heavy atom. The van der Waals surface area contributed by atoms with Gasteiger partial charge in [-0.15, -0.1) is 0 Å². The van der Waals surface area contributed by atoms with Crippen LogP contribution in [0.4, 0.5) is 0 Å². The van der Waals surface area contributed by atoms with Crippen molar-refractivity contribution in [3.63, 3.8) is 0 Å². The van der Waals surface area contributed by atoms with Crippen LogP contribution in [-0.4, -0.2) is 29.4 Å². The van der Waals surface area contributed by atoms with Gasteiger partial charge in [0.25, 0.3) is 0 Å². The van der Waals surface area contributed by atoms with Crippen LogP contribution in [0.25, 0.3) is 0 Å². The van der Waals surface area contributed by atoms with Crippen LogP contribution in [0.5, 0.6) is 0 Å². The molecule has 1 aliphatic carbocycles. The van der Waals surface area contributed by atoms with Crippen LogP contribution in [0.3, 0.4) is 0 Å². The summed E-state index contributed by atoms with van der Waals surface area (Å²) in [6.07, 6.45) is 4.16. The molecule has 0 unspecified atom stereocenters. The average molecular weight is 182 g/mol. The molecule has 1 heterocycles. The van der Waals surface area contributed by atoms with Gasteiger partial charge in [-0.3, -0.25) is 4.79 Å². The molecule has 0 aromatic carbocycles. The van der Waals surface area contributed by atoms with Crippen molar-refractivity contribution in [2.75, 3.05) is 13.1 Å². The van der Waals surface area contributed by atoms with Crippen LogP contribution >= 0.6 is 0 Å². The molecular formula is C10H18N2O. The Hall–Kier alpha value is -0.570. The number of rotatable bonds is 3. The van der Waals surface area contributed by atoms with E-state index in [2.05, 4.69) is 0 Å². The monoisotopic (exact) mass is 182 g/mol. The Bertz CT molecular complexity index is 217. The Morgan fingerprint density at radius 1 is 1.54 bits per heavy atom. The Kier molecular flexibility index (Phi) is 2.06. The van der Waals surface area contributed by atoms with E-state index < -0.39 is 0 Å². The van der Waals surface area contributed by atoms with E-state index in [0.717, 1.165) is 19.5 Å². The van der Waals surface area contributed by atoms with Gasteiger partial charge >= 0.3 is 0 Å². The fraction of sp³-hybridized carbons (Fsp3) is 0.900. The van der Waals surface area contributed by atoms with Crippen molar-refractivity contribution in [1.29, 1.82) is 0 Å². The van der Waals surface area contributed by atoms with E-state index in [0.29, 0.717) is 12.3 Å². The van der Waals surface area contributed by atoms with Crippen LogP contribution in [0.15, 0.2) is 0 Å². The van der Waals surface area contributed by atoms with Gasteiger partial charge in [0.05, 0.1) is 5.54 Å². The zero-order valence-corrected chi connectivity index (χ0v) is 8.25. The molecule has 13 heavy (non-hydrogen) atoms. The highest BCUT2D eigenvalue weighted by Gasteiger charge is 2.51. The molecule has 0 radical (unpaired) electrons. The van der Waals surface area contributed by atoms with Crippen molar-refractivity contribution in [3.05, 3.63) is 0 Å². The van der Waals surface area contributed by atoms with Gasteiger partial charge < -0.3 is 10.6 Å². The van der Waals surface area contributed by atoms with Crippen molar-refractivity contribution in [3.8, 4) is 0 Å². The number of nitrogens with two attached hydrogens (primary N) is 1. The van der Waals surface area contributed by atoms with Crippen LogP contribution in [0, 0.1) is 5.92 Å². The summed E-state index contributed by atoms with van der Waals surface area (Å²) < 4.78 is 0. The van der Waals surface area contributed by atoms with E-state index in [-0.39, 0.29) is 11.4 Å². The Labute approximate surface area is 79.3 Å². The van der Waals surface area contributed by atoms with Gasteiger partial charge in [-0.1, -0.05) is 6.92 Å². The average Bonchev–Trinajstić information content (AvgIpc) is 2.81. The van der Waals surface area contributed by atoms with Crippen LogP contribution < -0.4 is 5.73 Å². The van der Waals surface area contributed by atoms with E-state index in [1.165, 1.54) is 12.8 Å². The minimum atomic E-state index is -0.0105. The summed E-state index contributed by atoms with van der Waals surface area (Å²) in [7, 11) is 0. The third kappa shape index (κ3) is 1.57. The van der Waals surface area contributed by atoms with Crippen LogP contribution in [0.2, 0.25) is 0 Å². The molecule has 2 N–H and O–H groups in total. The number of nitrogens with zero attached hydrogens (tertiary/aromatic N) is 1. The van der Waals surface area contributed by atoms with Crippen molar-refractivity contribution < 1.29 is 4.79 Å². The molecule has 3 heteroatoms. The number of likely N-dealkylation sites (tertiary alicyclic amines) is 1. The molecule has 1 aliphatic heterocycles. The van der Waals surface area contributed by atoms with Crippen molar-refractivity contribution in [2.24, 2.45) is 11.7 Å². The second-order valence-corrected chi connectivity index (χ2v) is 4.51. The molecule has 0 aromatic rings. The normalized spacial score (nSPS) is 25.5. The molecule has 2 fully saturated rings. The maximum atomic E-state index is 11.4. The molecule has 0 aromatic heterocycles. The molecule has 3 nitrogen and oxygen atoms in total. The molecule has 0 bridgehead atoms. The highest BCUT2D eigenvalue weighted by Crippen LogP contribution is 2.42. The Balaban J connectivity index is 1.79. The smallest absolute Gasteiger partial charge is 0.222 e. The van der Waals surface area contributed by atoms with Gasteiger partial charge in [0.2, 0.25) is 5.91 Å². The lowest BCUT2D eigenvalue weighted by Gasteiger charge is -2.48. The minimum Gasteiger partial charge on any atom is -0.339 e. The third-order valence-corrected chi connectivity index (χ3v) is 3.18. The largest absolute Gasteiger partial charge is 0.339 e. The number of hydrogen-bond acceptors (Lipinski definition) is 2. The van der Waals surface area contributed by atoms with Crippen LogP contribution in [0.1, 0.15) is 32.6 Å². The van der Waals surface area contributed by atoms with Crippen molar-refractivity contribution in [2.45, 2.75) is 38.1 Å². The summed E-state index contributed by atoms with van der Waals surface area (Å²) in [4.78, 5) is 13.3. The maximum absolute atomic E-state index is 11.4. The molecule has 0 spiro atoms. The standard InChI is InChI=1S/C10H18N2O/c1-2-3-9(13)12-6-10(11,7-12)8-4-5-8/h8H,2-7,11H2,1H3. The van der Waals surface area contributed by atoms with Gasteiger partial charge in [-0.05, 0) is 25.2 Å². The molecular weight excluding hydrogens is 164 g/mol. The summed E-state index contributed by atoms with van der Waals surface area (Å²) in [5, 5.41) is 0. The number of hydrogen-bond donors (Lipinski definition) is 1. The van der Waals surface area contributed by atoms with Gasteiger partial charge in [0.1, 0.15) is 0 Å². The molecule has 1 saturated carbocycles. The quantitative estimate of drug-likeness (QED) is 0.699. The first-order valence-electron chi connectivity index (χ1n) is 5.22. The summed E-state index contributed by atoms with van der Waals surface area (Å²) in [5.74, 6) is 0.988. The summed E-state index contributed by atoms with van der Waals surface area (Å²) >= 11 is 0. The first kappa shape index (κ1) is 9.00. The topological polar surface area (TPSA) is 46.3 Å². The third-order valence-electron chi connectivity index (χ3n) is 3.18. The van der Waals surface area contributed by atoms with Crippen LogP contribution in [-0.2, 0) is 4.79 Å². The lowest BCUT2D eigenvalue weighted by atomic mass is 9.85. The summed E-state index contributed by atoms with van der Waals surface area (Å²) in [5.41, 5.74) is 6.13. The maximum Gasteiger partial charge on any atom is 0.222 e. The highest BCUT2D eigenvalue weighted by molar-refractivity contribution is 5.77. The predicted octanol–water partition coefficient (Wildman–Crippen LogP) is 0.736. The van der Waals surface area contributed by atoms with Gasteiger partial charge in [-0.25, -0.2) is 0 Å². The number of carbonyl (C=O) groups excluding carboxylic acids is 1. The first-order valence-corrected chi connectivity index (χ1v) is 5.22. The van der Waals surface area contributed by atoms with Crippen molar-refractivity contribution in [1.82, 2.24) is 4.90 Å². The van der Waals surface area contributed by atoms with E-state index in [1.807, 2.05) is 11.8 Å².